The van der Waals surface area contributed by atoms with Gasteiger partial charge < -0.3 is 10.0 Å². The Labute approximate surface area is 126 Å². The van der Waals surface area contributed by atoms with E-state index < -0.39 is 6.35 Å². The molecule has 0 bridgehead atoms. The van der Waals surface area contributed by atoms with E-state index >= 15 is 0 Å². The maximum atomic E-state index is 10.2. The van der Waals surface area contributed by atoms with Crippen molar-refractivity contribution in [2.45, 2.75) is 32.7 Å². The average Bonchev–Trinajstić information content (AvgIpc) is 2.46. The summed E-state index contributed by atoms with van der Waals surface area (Å²) in [7, 11) is 0. The number of nitrogens with zero attached hydrogens (tertiary/aromatic N) is 4. The molecule has 6 nitrogen and oxygen atoms in total. The van der Waals surface area contributed by atoms with Gasteiger partial charge in [0.25, 0.3) is 0 Å². The maximum absolute atomic E-state index is 10.2. The van der Waals surface area contributed by atoms with Gasteiger partial charge in [-0.3, -0.25) is 10.2 Å². The van der Waals surface area contributed by atoms with Crippen LogP contribution in [-0.2, 0) is 0 Å². The van der Waals surface area contributed by atoms with Crippen LogP contribution in [0, 0.1) is 11.3 Å². The molecule has 2 heterocycles. The van der Waals surface area contributed by atoms with Crippen LogP contribution in [0.2, 0.25) is 0 Å². The second-order valence-electron chi connectivity index (χ2n) is 6.31. The molecule has 0 aliphatic carbocycles. The fourth-order valence-electron chi connectivity index (χ4n) is 2.31. The van der Waals surface area contributed by atoms with Gasteiger partial charge in [0, 0.05) is 37.9 Å². The van der Waals surface area contributed by atoms with Crippen LogP contribution in [0.4, 0.5) is 5.82 Å². The molecule has 21 heavy (non-hydrogen) atoms. The number of hydrogen-bond acceptors (Lipinski definition) is 6. The summed E-state index contributed by atoms with van der Waals surface area (Å²) in [4.78, 5) is 8.50. The first-order chi connectivity index (χ1) is 9.89. The largest absolute Gasteiger partial charge is 0.365 e. The SMILES string of the molecule is CC(C)(C)NC(O)N1CCN(c2ccc(C#N)cn2)CC1. The Kier molecular flexibility index (Phi) is 4.78. The first-order valence-corrected chi connectivity index (χ1v) is 7.20. The first-order valence-electron chi connectivity index (χ1n) is 7.20. The second kappa shape index (κ2) is 6.39. The molecular formula is C15H23N5O. The van der Waals surface area contributed by atoms with Crippen LogP contribution in [0.15, 0.2) is 18.3 Å². The van der Waals surface area contributed by atoms with Gasteiger partial charge >= 0.3 is 0 Å². The molecule has 1 unspecified atom stereocenters. The molecular weight excluding hydrogens is 266 g/mol. The smallest absolute Gasteiger partial charge is 0.163 e. The van der Waals surface area contributed by atoms with Gasteiger partial charge in [-0.2, -0.15) is 5.26 Å². The van der Waals surface area contributed by atoms with Crippen LogP contribution in [-0.4, -0.2) is 53.1 Å². The van der Waals surface area contributed by atoms with E-state index in [1.165, 1.54) is 0 Å². The van der Waals surface area contributed by atoms with E-state index in [0.29, 0.717) is 5.56 Å². The highest BCUT2D eigenvalue weighted by Crippen LogP contribution is 2.15. The Balaban J connectivity index is 1.89. The first kappa shape index (κ1) is 15.7. The zero-order valence-corrected chi connectivity index (χ0v) is 12.9. The van der Waals surface area contributed by atoms with E-state index in [1.54, 1.807) is 12.3 Å². The minimum atomic E-state index is -0.624. The summed E-state index contributed by atoms with van der Waals surface area (Å²) < 4.78 is 0. The van der Waals surface area contributed by atoms with Gasteiger partial charge in [0.05, 0.1) is 5.56 Å². The summed E-state index contributed by atoms with van der Waals surface area (Å²) in [5.74, 6) is 0.881. The zero-order valence-electron chi connectivity index (χ0n) is 12.9. The molecule has 1 fully saturated rings. The zero-order chi connectivity index (χ0) is 15.5. The van der Waals surface area contributed by atoms with Crippen LogP contribution in [0.3, 0.4) is 0 Å². The minimum absolute atomic E-state index is 0.120. The number of pyridine rings is 1. The van der Waals surface area contributed by atoms with Crippen molar-refractivity contribution in [3.8, 4) is 6.07 Å². The van der Waals surface area contributed by atoms with E-state index in [9.17, 15) is 5.11 Å². The fraction of sp³-hybridized carbons (Fsp3) is 0.600. The Bertz CT molecular complexity index is 494. The van der Waals surface area contributed by atoms with E-state index in [1.807, 2.05) is 31.7 Å². The van der Waals surface area contributed by atoms with Crippen molar-refractivity contribution in [1.29, 1.82) is 5.26 Å². The summed E-state index contributed by atoms with van der Waals surface area (Å²) in [6.45, 7) is 9.26. The standard InChI is InChI=1S/C15H23N5O/c1-15(2,3)18-14(21)20-8-6-19(7-9-20)13-5-4-12(10-16)11-17-13/h4-5,11,14,18,21H,6-9H2,1-3H3. The molecule has 1 atom stereocenters. The predicted molar refractivity (Wildman–Crippen MR) is 81.6 cm³/mol. The maximum Gasteiger partial charge on any atom is 0.163 e. The van der Waals surface area contributed by atoms with Gasteiger partial charge in [-0.1, -0.05) is 0 Å². The number of aliphatic hydroxyl groups is 1. The van der Waals surface area contributed by atoms with Crippen molar-refractivity contribution in [3.05, 3.63) is 23.9 Å². The molecule has 114 valence electrons. The molecule has 0 radical (unpaired) electrons. The monoisotopic (exact) mass is 289 g/mol. The summed E-state index contributed by atoms with van der Waals surface area (Å²) in [6, 6.07) is 5.73. The number of hydrogen-bond donors (Lipinski definition) is 2. The summed E-state index contributed by atoms with van der Waals surface area (Å²) in [5.41, 5.74) is 0.452. The average molecular weight is 289 g/mol. The molecule has 6 heteroatoms. The molecule has 0 saturated carbocycles. The number of aliphatic hydroxyl groups excluding tert-OH is 1. The Morgan fingerprint density at radius 1 is 1.29 bits per heavy atom. The van der Waals surface area contributed by atoms with Crippen molar-refractivity contribution >= 4 is 5.82 Å². The summed E-state index contributed by atoms with van der Waals surface area (Å²) in [6.07, 6.45) is 0.971. The lowest BCUT2D eigenvalue weighted by molar-refractivity contribution is -0.0408. The number of nitrogens with one attached hydrogen (secondary N) is 1. The van der Waals surface area contributed by atoms with Crippen LogP contribution in [0.25, 0.3) is 0 Å². The predicted octanol–water partition coefficient (Wildman–Crippen LogP) is 0.739. The third-order valence-corrected chi connectivity index (χ3v) is 3.42. The van der Waals surface area contributed by atoms with E-state index in [4.69, 9.17) is 5.26 Å². The van der Waals surface area contributed by atoms with Gasteiger partial charge in [0.2, 0.25) is 0 Å². The molecule has 1 aliphatic rings. The van der Waals surface area contributed by atoms with Gasteiger partial charge in [0.1, 0.15) is 11.9 Å². The molecule has 2 N–H and O–H groups in total. The molecule has 1 saturated heterocycles. The highest BCUT2D eigenvalue weighted by atomic mass is 16.3. The van der Waals surface area contributed by atoms with Crippen molar-refractivity contribution in [3.63, 3.8) is 0 Å². The van der Waals surface area contributed by atoms with E-state index in [-0.39, 0.29) is 5.54 Å². The number of rotatable bonds is 3. The van der Waals surface area contributed by atoms with Crippen LogP contribution >= 0.6 is 0 Å². The van der Waals surface area contributed by atoms with Crippen molar-refractivity contribution < 1.29 is 5.11 Å². The number of piperazine rings is 1. The number of aromatic nitrogens is 1. The normalized spacial score (nSPS) is 18.3. The van der Waals surface area contributed by atoms with Gasteiger partial charge in [-0.15, -0.1) is 0 Å². The quantitative estimate of drug-likeness (QED) is 0.799. The molecule has 1 aromatic rings. The third-order valence-electron chi connectivity index (χ3n) is 3.42. The summed E-state index contributed by atoms with van der Waals surface area (Å²) >= 11 is 0. The topological polar surface area (TPSA) is 75.4 Å². The van der Waals surface area contributed by atoms with E-state index in [2.05, 4.69) is 21.3 Å². The molecule has 1 aromatic heterocycles. The van der Waals surface area contributed by atoms with Crippen molar-refractivity contribution in [2.75, 3.05) is 31.1 Å². The van der Waals surface area contributed by atoms with Gasteiger partial charge in [-0.05, 0) is 32.9 Å². The van der Waals surface area contributed by atoms with Gasteiger partial charge in [0.15, 0.2) is 6.35 Å². The van der Waals surface area contributed by atoms with Gasteiger partial charge in [-0.25, -0.2) is 4.98 Å². The highest BCUT2D eigenvalue weighted by molar-refractivity contribution is 5.42. The van der Waals surface area contributed by atoms with Crippen LogP contribution in [0.1, 0.15) is 26.3 Å². The van der Waals surface area contributed by atoms with Crippen molar-refractivity contribution in [2.24, 2.45) is 0 Å². The fourth-order valence-corrected chi connectivity index (χ4v) is 2.31. The Morgan fingerprint density at radius 2 is 1.95 bits per heavy atom. The van der Waals surface area contributed by atoms with Crippen molar-refractivity contribution in [1.82, 2.24) is 15.2 Å². The molecule has 0 aromatic carbocycles. The lowest BCUT2D eigenvalue weighted by Gasteiger charge is -2.39. The Morgan fingerprint density at radius 3 is 2.43 bits per heavy atom. The minimum Gasteiger partial charge on any atom is -0.365 e. The molecule has 2 rings (SSSR count). The third kappa shape index (κ3) is 4.39. The van der Waals surface area contributed by atoms with Crippen LogP contribution in [0.5, 0.6) is 0 Å². The molecule has 0 amide bonds. The lowest BCUT2D eigenvalue weighted by atomic mass is 10.1. The van der Waals surface area contributed by atoms with Crippen LogP contribution < -0.4 is 10.2 Å². The molecule has 0 spiro atoms. The summed E-state index contributed by atoms with van der Waals surface area (Å²) in [5, 5.41) is 22.1. The lowest BCUT2D eigenvalue weighted by Crippen LogP contribution is -2.58. The van der Waals surface area contributed by atoms with E-state index in [0.717, 1.165) is 32.0 Å². The second-order valence-corrected chi connectivity index (χ2v) is 6.31. The number of anilines is 1. The Hall–Kier alpha value is -1.68. The molecule has 1 aliphatic heterocycles. The number of nitriles is 1. The highest BCUT2D eigenvalue weighted by Gasteiger charge is 2.25.